The number of para-hydroxylation sites is 1. The zero-order chi connectivity index (χ0) is 17.2. The lowest BCUT2D eigenvalue weighted by molar-refractivity contribution is 0.447. The van der Waals surface area contributed by atoms with Crippen LogP contribution in [0.25, 0.3) is 22.2 Å². The monoisotopic (exact) mass is 323 g/mol. The molecule has 0 aliphatic heterocycles. The van der Waals surface area contributed by atoms with Crippen molar-refractivity contribution in [2.24, 2.45) is 0 Å². The van der Waals surface area contributed by atoms with Gasteiger partial charge >= 0.3 is 0 Å². The van der Waals surface area contributed by atoms with E-state index in [0.717, 1.165) is 28.6 Å². The number of aromatic nitrogens is 3. The summed E-state index contributed by atoms with van der Waals surface area (Å²) in [6, 6.07) is 11.8. The SMILES string of the molecule is CCCCCC(C)(C)c1ccc(O)c(-c2cccc3n[nH]nc23)c1. The van der Waals surface area contributed by atoms with Crippen molar-refractivity contribution < 1.29 is 5.11 Å². The molecule has 0 fully saturated rings. The Morgan fingerprint density at radius 3 is 2.67 bits per heavy atom. The largest absolute Gasteiger partial charge is 0.507 e. The Hall–Kier alpha value is -2.36. The molecule has 0 saturated heterocycles. The molecule has 1 aromatic heterocycles. The molecule has 3 rings (SSSR count). The van der Waals surface area contributed by atoms with E-state index in [2.05, 4.69) is 42.2 Å². The second-order valence-electron chi connectivity index (χ2n) is 7.07. The quantitative estimate of drug-likeness (QED) is 0.614. The Bertz CT molecular complexity index is 836. The van der Waals surface area contributed by atoms with E-state index in [-0.39, 0.29) is 11.2 Å². The van der Waals surface area contributed by atoms with E-state index in [1.54, 1.807) is 6.07 Å². The second-order valence-corrected chi connectivity index (χ2v) is 7.07. The molecule has 0 aliphatic rings. The third-order valence-electron chi connectivity index (χ3n) is 4.82. The molecule has 0 atom stereocenters. The Morgan fingerprint density at radius 2 is 1.88 bits per heavy atom. The number of benzene rings is 2. The summed E-state index contributed by atoms with van der Waals surface area (Å²) in [7, 11) is 0. The molecule has 0 spiro atoms. The first-order chi connectivity index (χ1) is 11.5. The van der Waals surface area contributed by atoms with Gasteiger partial charge < -0.3 is 5.11 Å². The summed E-state index contributed by atoms with van der Waals surface area (Å²) in [5.74, 6) is 0.276. The van der Waals surface area contributed by atoms with E-state index in [1.807, 2.05) is 24.3 Å². The highest BCUT2D eigenvalue weighted by Gasteiger charge is 2.22. The second kappa shape index (κ2) is 6.63. The third kappa shape index (κ3) is 3.14. The summed E-state index contributed by atoms with van der Waals surface area (Å²) in [4.78, 5) is 0. The molecule has 126 valence electrons. The van der Waals surface area contributed by atoms with Crippen LogP contribution in [0.3, 0.4) is 0 Å². The zero-order valence-corrected chi connectivity index (χ0v) is 14.6. The van der Waals surface area contributed by atoms with Gasteiger partial charge in [-0.05, 0) is 35.6 Å². The standard InChI is InChI=1S/C20H25N3O/c1-4-5-6-12-20(2,3)14-10-11-18(24)16(13-14)15-8-7-9-17-19(15)22-23-21-17/h7-11,13,24H,4-6,12H2,1-3H3,(H,21,22,23). The van der Waals surface area contributed by atoms with Gasteiger partial charge in [0.2, 0.25) is 0 Å². The Labute approximate surface area is 142 Å². The minimum absolute atomic E-state index is 0.0787. The summed E-state index contributed by atoms with van der Waals surface area (Å²) >= 11 is 0. The highest BCUT2D eigenvalue weighted by molar-refractivity contribution is 5.93. The fourth-order valence-electron chi connectivity index (χ4n) is 3.22. The number of aromatic amines is 1. The van der Waals surface area contributed by atoms with Gasteiger partial charge in [-0.3, -0.25) is 0 Å². The fourth-order valence-corrected chi connectivity index (χ4v) is 3.22. The number of nitrogens with zero attached hydrogens (tertiary/aromatic N) is 2. The van der Waals surface area contributed by atoms with Gasteiger partial charge in [0.1, 0.15) is 16.8 Å². The van der Waals surface area contributed by atoms with Gasteiger partial charge in [-0.25, -0.2) is 0 Å². The topological polar surface area (TPSA) is 61.8 Å². The number of hydrogen-bond donors (Lipinski definition) is 2. The number of aromatic hydroxyl groups is 1. The molecule has 0 amide bonds. The molecule has 3 aromatic rings. The maximum Gasteiger partial charge on any atom is 0.123 e. The molecule has 24 heavy (non-hydrogen) atoms. The summed E-state index contributed by atoms with van der Waals surface area (Å²) in [6.45, 7) is 6.77. The van der Waals surface area contributed by atoms with Crippen molar-refractivity contribution in [3.05, 3.63) is 42.0 Å². The predicted molar refractivity (Wildman–Crippen MR) is 98.2 cm³/mol. The molecular formula is C20H25N3O. The molecule has 0 bridgehead atoms. The number of nitrogens with one attached hydrogen (secondary N) is 1. The lowest BCUT2D eigenvalue weighted by Gasteiger charge is -2.26. The third-order valence-corrected chi connectivity index (χ3v) is 4.82. The van der Waals surface area contributed by atoms with E-state index in [9.17, 15) is 5.11 Å². The van der Waals surface area contributed by atoms with Crippen LogP contribution < -0.4 is 0 Å². The maximum atomic E-state index is 10.4. The first kappa shape index (κ1) is 16.5. The van der Waals surface area contributed by atoms with Crippen LogP contribution in [0.15, 0.2) is 36.4 Å². The highest BCUT2D eigenvalue weighted by Crippen LogP contribution is 2.38. The number of H-pyrrole nitrogens is 1. The normalized spacial score (nSPS) is 12.0. The van der Waals surface area contributed by atoms with Gasteiger partial charge in [0.15, 0.2) is 0 Å². The smallest absolute Gasteiger partial charge is 0.123 e. The summed E-state index contributed by atoms with van der Waals surface area (Å²) in [5, 5.41) is 21.5. The first-order valence-electron chi connectivity index (χ1n) is 8.66. The van der Waals surface area contributed by atoms with Gasteiger partial charge in [0, 0.05) is 11.1 Å². The van der Waals surface area contributed by atoms with E-state index in [0.29, 0.717) is 0 Å². The van der Waals surface area contributed by atoms with Crippen LogP contribution in [0.2, 0.25) is 0 Å². The summed E-state index contributed by atoms with van der Waals surface area (Å²) < 4.78 is 0. The minimum Gasteiger partial charge on any atom is -0.507 e. The molecule has 2 N–H and O–H groups in total. The van der Waals surface area contributed by atoms with Crippen LogP contribution in [0, 0.1) is 0 Å². The zero-order valence-electron chi connectivity index (χ0n) is 14.6. The molecule has 4 heteroatoms. The van der Waals surface area contributed by atoms with Crippen molar-refractivity contribution in [1.29, 1.82) is 0 Å². The average Bonchev–Trinajstić information content (AvgIpc) is 3.04. The van der Waals surface area contributed by atoms with Gasteiger partial charge in [0.05, 0.1) is 0 Å². The number of unbranched alkanes of at least 4 members (excludes halogenated alkanes) is 2. The number of fused-ring (bicyclic) bond motifs is 1. The molecule has 1 heterocycles. The van der Waals surface area contributed by atoms with E-state index >= 15 is 0 Å². The van der Waals surface area contributed by atoms with Gasteiger partial charge in [-0.15, -0.1) is 0 Å². The van der Waals surface area contributed by atoms with Crippen molar-refractivity contribution in [2.45, 2.75) is 51.9 Å². The van der Waals surface area contributed by atoms with Crippen molar-refractivity contribution in [3.63, 3.8) is 0 Å². The Balaban J connectivity index is 2.02. The molecule has 0 radical (unpaired) electrons. The molecular weight excluding hydrogens is 298 g/mol. The lowest BCUT2D eigenvalue weighted by atomic mass is 9.79. The van der Waals surface area contributed by atoms with Crippen LogP contribution >= 0.6 is 0 Å². The Morgan fingerprint density at radius 1 is 1.04 bits per heavy atom. The van der Waals surface area contributed by atoms with Crippen molar-refractivity contribution in [3.8, 4) is 16.9 Å². The Kier molecular flexibility index (Phi) is 4.56. The van der Waals surface area contributed by atoms with Crippen LogP contribution in [0.5, 0.6) is 5.75 Å². The van der Waals surface area contributed by atoms with Crippen LogP contribution in [0.4, 0.5) is 0 Å². The van der Waals surface area contributed by atoms with Gasteiger partial charge in [0.25, 0.3) is 0 Å². The average molecular weight is 323 g/mol. The summed E-state index contributed by atoms with van der Waals surface area (Å²) in [6.07, 6.45) is 4.84. The van der Waals surface area contributed by atoms with Gasteiger partial charge in [-0.2, -0.15) is 15.4 Å². The highest BCUT2D eigenvalue weighted by atomic mass is 16.3. The van der Waals surface area contributed by atoms with Crippen molar-refractivity contribution in [2.75, 3.05) is 0 Å². The molecule has 2 aromatic carbocycles. The van der Waals surface area contributed by atoms with E-state index in [4.69, 9.17) is 0 Å². The number of phenols is 1. The van der Waals surface area contributed by atoms with Crippen molar-refractivity contribution in [1.82, 2.24) is 15.4 Å². The predicted octanol–water partition coefficient (Wildman–Crippen LogP) is 5.19. The molecule has 4 nitrogen and oxygen atoms in total. The number of phenolic OH excluding ortho intramolecular Hbond substituents is 1. The number of hydrogen-bond acceptors (Lipinski definition) is 3. The molecule has 0 saturated carbocycles. The fraction of sp³-hybridized carbons (Fsp3) is 0.400. The van der Waals surface area contributed by atoms with Crippen LogP contribution in [0.1, 0.15) is 52.0 Å². The van der Waals surface area contributed by atoms with E-state index in [1.165, 1.54) is 24.8 Å². The minimum atomic E-state index is 0.0787. The van der Waals surface area contributed by atoms with Crippen LogP contribution in [-0.4, -0.2) is 20.5 Å². The molecule has 0 aliphatic carbocycles. The van der Waals surface area contributed by atoms with Crippen molar-refractivity contribution >= 4 is 11.0 Å². The van der Waals surface area contributed by atoms with E-state index < -0.39 is 0 Å². The maximum absolute atomic E-state index is 10.4. The van der Waals surface area contributed by atoms with Crippen LogP contribution in [-0.2, 0) is 5.41 Å². The first-order valence-corrected chi connectivity index (χ1v) is 8.66. The number of rotatable bonds is 6. The summed E-state index contributed by atoms with van der Waals surface area (Å²) in [5.41, 5.74) is 4.63. The lowest BCUT2D eigenvalue weighted by Crippen LogP contribution is -2.17. The molecule has 0 unspecified atom stereocenters. The van der Waals surface area contributed by atoms with Gasteiger partial charge in [-0.1, -0.05) is 58.2 Å².